The first kappa shape index (κ1) is 14.4. The summed E-state index contributed by atoms with van der Waals surface area (Å²) in [5.41, 5.74) is 0.271. The van der Waals surface area contributed by atoms with Crippen LogP contribution in [-0.4, -0.2) is 40.1 Å². The Morgan fingerprint density at radius 1 is 1.05 bits per heavy atom. The third kappa shape index (κ3) is 2.62. The van der Waals surface area contributed by atoms with Gasteiger partial charge < -0.3 is 15.1 Å². The molecular weight excluding hydrogens is 282 g/mol. The van der Waals surface area contributed by atoms with Gasteiger partial charge in [0, 0.05) is 13.1 Å². The molecule has 0 aliphatic carbocycles. The number of hydrogen-bond donors (Lipinski definition) is 2. The number of aliphatic carboxylic acids is 1. The average molecular weight is 299 g/mol. The van der Waals surface area contributed by atoms with E-state index in [-0.39, 0.29) is 23.1 Å². The summed E-state index contributed by atoms with van der Waals surface area (Å²) in [6.45, 7) is 0.810. The summed E-state index contributed by atoms with van der Waals surface area (Å²) in [7, 11) is 0. The van der Waals surface area contributed by atoms with Crippen LogP contribution in [-0.2, 0) is 4.79 Å². The predicted octanol–water partition coefficient (Wildman–Crippen LogP) is 2.48. The maximum Gasteiger partial charge on any atom is 0.306 e. The zero-order valence-electron chi connectivity index (χ0n) is 12.0. The van der Waals surface area contributed by atoms with Gasteiger partial charge in [-0.2, -0.15) is 0 Å². The molecular formula is C17H17NO4. The molecule has 0 saturated carbocycles. The van der Waals surface area contributed by atoms with Crippen LogP contribution in [0.3, 0.4) is 0 Å². The van der Waals surface area contributed by atoms with E-state index >= 15 is 0 Å². The second-order valence-corrected chi connectivity index (χ2v) is 5.62. The van der Waals surface area contributed by atoms with Gasteiger partial charge in [-0.3, -0.25) is 9.59 Å². The van der Waals surface area contributed by atoms with Crippen LogP contribution in [0.25, 0.3) is 10.8 Å². The van der Waals surface area contributed by atoms with Crippen molar-refractivity contribution >= 4 is 22.6 Å². The normalized spacial score (nSPS) is 15.9. The molecule has 0 bridgehead atoms. The van der Waals surface area contributed by atoms with Crippen molar-refractivity contribution < 1.29 is 19.8 Å². The summed E-state index contributed by atoms with van der Waals surface area (Å²) >= 11 is 0. The number of carbonyl (C=O) groups is 2. The van der Waals surface area contributed by atoms with Crippen LogP contribution in [0, 0.1) is 5.92 Å². The number of rotatable bonds is 2. The molecule has 1 aliphatic rings. The van der Waals surface area contributed by atoms with Gasteiger partial charge in [0.1, 0.15) is 5.75 Å². The third-order valence-electron chi connectivity index (χ3n) is 4.23. The monoisotopic (exact) mass is 299 g/mol. The number of hydrogen-bond acceptors (Lipinski definition) is 3. The van der Waals surface area contributed by atoms with Gasteiger partial charge in [-0.25, -0.2) is 0 Å². The number of benzene rings is 2. The van der Waals surface area contributed by atoms with Crippen molar-refractivity contribution in [2.45, 2.75) is 12.8 Å². The number of likely N-dealkylation sites (tertiary alicyclic amines) is 1. The number of carbonyl (C=O) groups excluding carboxylic acids is 1. The van der Waals surface area contributed by atoms with E-state index < -0.39 is 5.97 Å². The Balaban J connectivity index is 1.83. The molecule has 3 rings (SSSR count). The minimum Gasteiger partial charge on any atom is -0.507 e. The molecule has 0 unspecified atom stereocenters. The van der Waals surface area contributed by atoms with Gasteiger partial charge in [0.25, 0.3) is 5.91 Å². The van der Waals surface area contributed by atoms with Crippen LogP contribution in [0.5, 0.6) is 5.75 Å². The van der Waals surface area contributed by atoms with Crippen molar-refractivity contribution in [3.8, 4) is 5.75 Å². The van der Waals surface area contributed by atoms with Crippen molar-refractivity contribution in [1.29, 1.82) is 0 Å². The summed E-state index contributed by atoms with van der Waals surface area (Å²) in [4.78, 5) is 25.1. The number of carboxylic acid groups (broad SMARTS) is 1. The Hall–Kier alpha value is -2.56. The fraction of sp³-hybridized carbons (Fsp3) is 0.294. The maximum atomic E-state index is 12.6. The number of fused-ring (bicyclic) bond motifs is 1. The molecule has 2 aromatic rings. The second-order valence-electron chi connectivity index (χ2n) is 5.62. The number of nitrogens with zero attached hydrogens (tertiary/aromatic N) is 1. The van der Waals surface area contributed by atoms with E-state index in [2.05, 4.69) is 0 Å². The number of aromatic hydroxyl groups is 1. The topological polar surface area (TPSA) is 77.8 Å². The molecule has 1 aliphatic heterocycles. The van der Waals surface area contributed by atoms with E-state index in [0.717, 1.165) is 10.8 Å². The SMILES string of the molecule is O=C(O)C1CCN(C(=O)c2cc3ccccc3cc2O)CC1. The van der Waals surface area contributed by atoms with E-state index in [1.54, 1.807) is 17.0 Å². The highest BCUT2D eigenvalue weighted by Crippen LogP contribution is 2.27. The number of phenolic OH excluding ortho intramolecular Hbond substituents is 1. The van der Waals surface area contributed by atoms with Crippen LogP contribution in [0.4, 0.5) is 0 Å². The smallest absolute Gasteiger partial charge is 0.306 e. The van der Waals surface area contributed by atoms with Crippen LogP contribution in [0.15, 0.2) is 36.4 Å². The van der Waals surface area contributed by atoms with Crippen LogP contribution < -0.4 is 0 Å². The first-order valence-electron chi connectivity index (χ1n) is 7.30. The molecule has 1 saturated heterocycles. The lowest BCUT2D eigenvalue weighted by molar-refractivity contribution is -0.143. The molecule has 1 fully saturated rings. The third-order valence-corrected chi connectivity index (χ3v) is 4.23. The Bertz CT molecular complexity index is 733. The van der Waals surface area contributed by atoms with E-state index in [1.807, 2.05) is 24.3 Å². The highest BCUT2D eigenvalue weighted by atomic mass is 16.4. The molecule has 1 amide bonds. The standard InChI is InChI=1S/C17H17NO4/c19-15-10-13-4-2-1-3-12(13)9-14(15)16(20)18-7-5-11(6-8-18)17(21)22/h1-4,9-11,19H,5-8H2,(H,21,22). The molecule has 5 nitrogen and oxygen atoms in total. The predicted molar refractivity (Wildman–Crippen MR) is 81.9 cm³/mol. The highest BCUT2D eigenvalue weighted by molar-refractivity contribution is 6.01. The zero-order chi connectivity index (χ0) is 15.7. The first-order chi connectivity index (χ1) is 10.6. The molecule has 0 radical (unpaired) electrons. The number of amides is 1. The Labute approximate surface area is 127 Å². The summed E-state index contributed by atoms with van der Waals surface area (Å²) < 4.78 is 0. The number of piperidine rings is 1. The molecule has 0 spiro atoms. The van der Waals surface area contributed by atoms with Crippen LogP contribution in [0.1, 0.15) is 23.2 Å². The summed E-state index contributed by atoms with van der Waals surface area (Å²) in [6.07, 6.45) is 0.908. The van der Waals surface area contributed by atoms with Gasteiger partial charge in [0.15, 0.2) is 0 Å². The summed E-state index contributed by atoms with van der Waals surface area (Å²) in [6, 6.07) is 10.8. The molecule has 0 atom stereocenters. The Morgan fingerprint density at radius 2 is 1.64 bits per heavy atom. The largest absolute Gasteiger partial charge is 0.507 e. The van der Waals surface area contributed by atoms with Gasteiger partial charge in [-0.1, -0.05) is 24.3 Å². The Morgan fingerprint density at radius 3 is 2.23 bits per heavy atom. The van der Waals surface area contributed by atoms with E-state index in [9.17, 15) is 14.7 Å². The van der Waals surface area contributed by atoms with Crippen molar-refractivity contribution in [1.82, 2.24) is 4.90 Å². The molecule has 2 aromatic carbocycles. The first-order valence-corrected chi connectivity index (χ1v) is 7.30. The molecule has 114 valence electrons. The molecule has 0 aromatic heterocycles. The summed E-state index contributed by atoms with van der Waals surface area (Å²) in [5, 5.41) is 20.9. The van der Waals surface area contributed by atoms with E-state index in [4.69, 9.17) is 5.11 Å². The minimum atomic E-state index is -0.805. The highest BCUT2D eigenvalue weighted by Gasteiger charge is 2.28. The minimum absolute atomic E-state index is 0.0379. The number of carboxylic acids is 1. The van der Waals surface area contributed by atoms with E-state index in [1.165, 1.54) is 0 Å². The fourth-order valence-corrected chi connectivity index (χ4v) is 2.90. The van der Waals surface area contributed by atoms with Crippen molar-refractivity contribution in [3.63, 3.8) is 0 Å². The second kappa shape index (κ2) is 5.67. The molecule has 5 heteroatoms. The lowest BCUT2D eigenvalue weighted by Crippen LogP contribution is -2.40. The molecule has 1 heterocycles. The maximum absolute atomic E-state index is 12.6. The van der Waals surface area contributed by atoms with Crippen LogP contribution in [0.2, 0.25) is 0 Å². The lowest BCUT2D eigenvalue weighted by atomic mass is 9.96. The molecule has 22 heavy (non-hydrogen) atoms. The van der Waals surface area contributed by atoms with Gasteiger partial charge >= 0.3 is 5.97 Å². The van der Waals surface area contributed by atoms with Gasteiger partial charge in [-0.05, 0) is 35.7 Å². The lowest BCUT2D eigenvalue weighted by Gasteiger charge is -2.30. The van der Waals surface area contributed by atoms with Crippen molar-refractivity contribution in [2.75, 3.05) is 13.1 Å². The quantitative estimate of drug-likeness (QED) is 0.893. The van der Waals surface area contributed by atoms with Crippen molar-refractivity contribution in [3.05, 3.63) is 42.0 Å². The zero-order valence-corrected chi connectivity index (χ0v) is 12.0. The molecule has 2 N–H and O–H groups in total. The fourth-order valence-electron chi connectivity index (χ4n) is 2.90. The van der Waals surface area contributed by atoms with Crippen molar-refractivity contribution in [2.24, 2.45) is 5.92 Å². The van der Waals surface area contributed by atoms with Gasteiger partial charge in [0.2, 0.25) is 0 Å². The van der Waals surface area contributed by atoms with E-state index in [0.29, 0.717) is 25.9 Å². The van der Waals surface area contributed by atoms with Gasteiger partial charge in [0.05, 0.1) is 11.5 Å². The average Bonchev–Trinajstić information content (AvgIpc) is 2.53. The Kier molecular flexibility index (Phi) is 3.71. The van der Waals surface area contributed by atoms with Gasteiger partial charge in [-0.15, -0.1) is 0 Å². The van der Waals surface area contributed by atoms with Crippen LogP contribution >= 0.6 is 0 Å². The summed E-state index contributed by atoms with van der Waals surface area (Å²) in [5.74, 6) is -1.47. The number of phenols is 1.